The number of Topliss-reactive ketones (excluding diaryl/α,β-unsaturated/α-hetero) is 1. The first-order valence-corrected chi connectivity index (χ1v) is 11.2. The normalized spacial score (nSPS) is 17.1. The minimum atomic E-state index is -0.862. The number of aliphatic hydroxyl groups excluding tert-OH is 1. The number of hydrogen-bond acceptors (Lipinski definition) is 5. The van der Waals surface area contributed by atoms with Crippen molar-refractivity contribution < 1.29 is 28.6 Å². The van der Waals surface area contributed by atoms with Gasteiger partial charge in [-0.15, -0.1) is 0 Å². The van der Waals surface area contributed by atoms with E-state index in [2.05, 4.69) is 0 Å². The fraction of sp³-hybridized carbons (Fsp3) is 0.214. The number of likely N-dealkylation sites (tertiary alicyclic amines) is 1. The maximum absolute atomic E-state index is 13.6. The molecule has 1 heterocycles. The molecule has 1 N–H and O–H groups in total. The van der Waals surface area contributed by atoms with Gasteiger partial charge in [-0.05, 0) is 53.9 Å². The molecule has 3 aromatic carbocycles. The van der Waals surface area contributed by atoms with Crippen LogP contribution in [-0.2, 0) is 20.9 Å². The Morgan fingerprint density at radius 1 is 1.03 bits per heavy atom. The molecule has 6 nitrogen and oxygen atoms in total. The second kappa shape index (κ2) is 10.5. The van der Waals surface area contributed by atoms with E-state index in [1.54, 1.807) is 25.1 Å². The van der Waals surface area contributed by atoms with Crippen molar-refractivity contribution in [3.8, 4) is 5.75 Å². The summed E-state index contributed by atoms with van der Waals surface area (Å²) in [5, 5.41) is 11.3. The molecule has 1 aliphatic heterocycles. The molecule has 3 aromatic rings. The minimum absolute atomic E-state index is 0.0428. The van der Waals surface area contributed by atoms with Crippen molar-refractivity contribution >= 4 is 17.4 Å². The number of hydrogen-bond donors (Lipinski definition) is 1. The SMILES string of the molecule is COCCN1C(=O)C(=O)C(=C(O)c2ccc(OCc3ccccc3)cc2C)C1c1ccc(F)cc1. The predicted molar refractivity (Wildman–Crippen MR) is 129 cm³/mol. The Morgan fingerprint density at radius 2 is 1.74 bits per heavy atom. The quantitative estimate of drug-likeness (QED) is 0.288. The van der Waals surface area contributed by atoms with Crippen LogP contribution in [0.4, 0.5) is 4.39 Å². The molecule has 1 amide bonds. The molecule has 0 aliphatic carbocycles. The first kappa shape index (κ1) is 24.2. The van der Waals surface area contributed by atoms with Crippen molar-refractivity contribution in [3.05, 3.63) is 106 Å². The lowest BCUT2D eigenvalue weighted by Gasteiger charge is -2.25. The van der Waals surface area contributed by atoms with Crippen LogP contribution in [0.15, 0.2) is 78.4 Å². The van der Waals surface area contributed by atoms with Crippen LogP contribution >= 0.6 is 0 Å². The Bertz CT molecular complexity index is 1250. The monoisotopic (exact) mass is 475 g/mol. The fourth-order valence-corrected chi connectivity index (χ4v) is 4.17. The second-order valence-electron chi connectivity index (χ2n) is 8.29. The third kappa shape index (κ3) is 5.10. The van der Waals surface area contributed by atoms with E-state index >= 15 is 0 Å². The van der Waals surface area contributed by atoms with E-state index in [1.807, 2.05) is 30.3 Å². The molecule has 35 heavy (non-hydrogen) atoms. The summed E-state index contributed by atoms with van der Waals surface area (Å²) < 4.78 is 24.5. The number of halogens is 1. The van der Waals surface area contributed by atoms with Crippen LogP contribution in [0.25, 0.3) is 5.76 Å². The minimum Gasteiger partial charge on any atom is -0.507 e. The Balaban J connectivity index is 1.70. The molecule has 0 saturated carbocycles. The van der Waals surface area contributed by atoms with Crippen molar-refractivity contribution in [1.82, 2.24) is 4.90 Å². The second-order valence-corrected chi connectivity index (χ2v) is 8.29. The zero-order chi connectivity index (χ0) is 24.9. The van der Waals surface area contributed by atoms with E-state index in [1.165, 1.54) is 36.3 Å². The largest absolute Gasteiger partial charge is 0.507 e. The van der Waals surface area contributed by atoms with E-state index in [0.29, 0.717) is 29.0 Å². The van der Waals surface area contributed by atoms with Crippen LogP contribution < -0.4 is 4.74 Å². The van der Waals surface area contributed by atoms with Crippen LogP contribution in [0.3, 0.4) is 0 Å². The van der Waals surface area contributed by atoms with Gasteiger partial charge in [-0.2, -0.15) is 0 Å². The molecular formula is C28H26FNO5. The summed E-state index contributed by atoms with van der Waals surface area (Å²) in [5.41, 5.74) is 2.58. The number of nitrogens with zero attached hydrogens (tertiary/aromatic N) is 1. The summed E-state index contributed by atoms with van der Waals surface area (Å²) >= 11 is 0. The number of rotatable bonds is 8. The van der Waals surface area contributed by atoms with Crippen LogP contribution in [-0.4, -0.2) is 42.0 Å². The number of benzene rings is 3. The number of ether oxygens (including phenoxy) is 2. The maximum Gasteiger partial charge on any atom is 0.295 e. The van der Waals surface area contributed by atoms with Crippen LogP contribution in [0.1, 0.15) is 28.3 Å². The lowest BCUT2D eigenvalue weighted by Crippen LogP contribution is -2.32. The molecule has 1 saturated heterocycles. The number of amides is 1. The number of carbonyl (C=O) groups excluding carboxylic acids is 2. The van der Waals surface area contributed by atoms with Crippen molar-refractivity contribution in [1.29, 1.82) is 0 Å². The van der Waals surface area contributed by atoms with Gasteiger partial charge in [0.15, 0.2) is 0 Å². The fourth-order valence-electron chi connectivity index (χ4n) is 4.17. The average Bonchev–Trinajstić information content (AvgIpc) is 3.12. The van der Waals surface area contributed by atoms with Crippen molar-refractivity contribution in [2.75, 3.05) is 20.3 Å². The molecule has 0 spiro atoms. The molecule has 7 heteroatoms. The summed E-state index contributed by atoms with van der Waals surface area (Å²) in [6.45, 7) is 2.53. The van der Waals surface area contributed by atoms with E-state index in [9.17, 15) is 19.1 Å². The van der Waals surface area contributed by atoms with Gasteiger partial charge in [-0.3, -0.25) is 9.59 Å². The van der Waals surface area contributed by atoms with Gasteiger partial charge in [0.2, 0.25) is 0 Å². The smallest absolute Gasteiger partial charge is 0.295 e. The van der Waals surface area contributed by atoms with Crippen molar-refractivity contribution in [2.45, 2.75) is 19.6 Å². The molecule has 0 aromatic heterocycles. The van der Waals surface area contributed by atoms with E-state index in [4.69, 9.17) is 9.47 Å². The zero-order valence-electron chi connectivity index (χ0n) is 19.5. The predicted octanol–water partition coefficient (Wildman–Crippen LogP) is 4.78. The van der Waals surface area contributed by atoms with Gasteiger partial charge in [0.25, 0.3) is 11.7 Å². The zero-order valence-corrected chi connectivity index (χ0v) is 19.5. The summed E-state index contributed by atoms with van der Waals surface area (Å²) in [7, 11) is 1.49. The summed E-state index contributed by atoms with van der Waals surface area (Å²) in [4.78, 5) is 27.2. The van der Waals surface area contributed by atoms with Crippen LogP contribution in [0.5, 0.6) is 5.75 Å². The molecular weight excluding hydrogens is 449 g/mol. The van der Waals surface area contributed by atoms with Gasteiger partial charge < -0.3 is 19.5 Å². The van der Waals surface area contributed by atoms with Crippen molar-refractivity contribution in [3.63, 3.8) is 0 Å². The molecule has 0 bridgehead atoms. The number of carbonyl (C=O) groups is 2. The van der Waals surface area contributed by atoms with E-state index in [0.717, 1.165) is 5.56 Å². The summed E-state index contributed by atoms with van der Waals surface area (Å²) in [5.74, 6) is -1.65. The number of ketones is 1. The third-order valence-electron chi connectivity index (χ3n) is 5.96. The van der Waals surface area contributed by atoms with Gasteiger partial charge in [0.05, 0.1) is 18.2 Å². The molecule has 0 radical (unpaired) electrons. The highest BCUT2D eigenvalue weighted by molar-refractivity contribution is 6.46. The summed E-state index contributed by atoms with van der Waals surface area (Å²) in [6, 6.07) is 19.5. The Kier molecular flexibility index (Phi) is 7.27. The number of methoxy groups -OCH3 is 1. The highest BCUT2D eigenvalue weighted by atomic mass is 19.1. The lowest BCUT2D eigenvalue weighted by atomic mass is 9.94. The third-order valence-corrected chi connectivity index (χ3v) is 5.96. The Morgan fingerprint density at radius 3 is 2.40 bits per heavy atom. The molecule has 4 rings (SSSR count). The first-order chi connectivity index (χ1) is 16.9. The molecule has 1 atom stereocenters. The van der Waals surface area contributed by atoms with Crippen LogP contribution in [0, 0.1) is 12.7 Å². The molecule has 180 valence electrons. The highest BCUT2D eigenvalue weighted by Gasteiger charge is 2.46. The van der Waals surface area contributed by atoms with Gasteiger partial charge in [-0.25, -0.2) is 4.39 Å². The average molecular weight is 476 g/mol. The number of aliphatic hydroxyl groups is 1. The van der Waals surface area contributed by atoms with E-state index in [-0.39, 0.29) is 24.5 Å². The van der Waals surface area contributed by atoms with Gasteiger partial charge >= 0.3 is 0 Å². The topological polar surface area (TPSA) is 76.1 Å². The summed E-state index contributed by atoms with van der Waals surface area (Å²) in [6.07, 6.45) is 0. The Hall–Kier alpha value is -3.97. The number of aryl methyl sites for hydroxylation is 1. The van der Waals surface area contributed by atoms with Gasteiger partial charge in [0, 0.05) is 19.2 Å². The van der Waals surface area contributed by atoms with Crippen LogP contribution in [0.2, 0.25) is 0 Å². The van der Waals surface area contributed by atoms with E-state index < -0.39 is 23.5 Å². The van der Waals surface area contributed by atoms with Gasteiger partial charge in [-0.1, -0.05) is 42.5 Å². The molecule has 1 unspecified atom stereocenters. The van der Waals surface area contributed by atoms with Gasteiger partial charge in [0.1, 0.15) is 23.9 Å². The Labute approximate surface area is 203 Å². The molecule has 1 aliphatic rings. The highest BCUT2D eigenvalue weighted by Crippen LogP contribution is 2.40. The first-order valence-electron chi connectivity index (χ1n) is 11.2. The molecule has 1 fully saturated rings. The lowest BCUT2D eigenvalue weighted by molar-refractivity contribution is -0.140. The standard InChI is InChI=1S/C28H26FNO5/c1-18-16-22(35-17-19-6-4-3-5-7-19)12-13-23(18)26(31)24-25(20-8-10-21(29)11-9-20)30(14-15-34-2)28(33)27(24)32/h3-13,16,25,31H,14-15,17H2,1-2H3. The maximum atomic E-state index is 13.6. The van der Waals surface area contributed by atoms with Crippen molar-refractivity contribution in [2.24, 2.45) is 0 Å².